The standard InChI is InChI=1S/C16H14ClNO/c1-10(2)18-14-6-4-3-5-12(14)16(19)13-9-11(17)7-8-15(13)18/h3-10H,1-2H3. The molecule has 2 aromatic carbocycles. The van der Waals surface area contributed by atoms with Crippen LogP contribution in [0.3, 0.4) is 0 Å². The van der Waals surface area contributed by atoms with Gasteiger partial charge in [-0.15, -0.1) is 0 Å². The summed E-state index contributed by atoms with van der Waals surface area (Å²) >= 11 is 6.03. The second-order valence-electron chi connectivity index (χ2n) is 4.97. The number of rotatable bonds is 1. The van der Waals surface area contributed by atoms with Crippen molar-refractivity contribution in [2.45, 2.75) is 19.9 Å². The monoisotopic (exact) mass is 271 g/mol. The first kappa shape index (κ1) is 12.2. The molecular formula is C16H14ClNO. The first-order chi connectivity index (χ1) is 9.09. The lowest BCUT2D eigenvalue weighted by Crippen LogP contribution is -2.12. The van der Waals surface area contributed by atoms with Gasteiger partial charge in [-0.05, 0) is 44.2 Å². The number of pyridine rings is 1. The summed E-state index contributed by atoms with van der Waals surface area (Å²) in [5.41, 5.74) is 1.95. The maximum Gasteiger partial charge on any atom is 0.197 e. The molecule has 0 spiro atoms. The Morgan fingerprint density at radius 2 is 1.68 bits per heavy atom. The molecule has 19 heavy (non-hydrogen) atoms. The number of fused-ring (bicyclic) bond motifs is 2. The molecule has 3 rings (SSSR count). The van der Waals surface area contributed by atoms with Crippen molar-refractivity contribution in [1.29, 1.82) is 0 Å². The summed E-state index contributed by atoms with van der Waals surface area (Å²) in [6.07, 6.45) is 0. The van der Waals surface area contributed by atoms with E-state index in [1.54, 1.807) is 6.07 Å². The van der Waals surface area contributed by atoms with E-state index in [1.165, 1.54) is 0 Å². The molecule has 2 nitrogen and oxygen atoms in total. The van der Waals surface area contributed by atoms with E-state index in [1.807, 2.05) is 36.4 Å². The van der Waals surface area contributed by atoms with Crippen molar-refractivity contribution in [2.75, 3.05) is 0 Å². The number of nitrogens with zero attached hydrogens (tertiary/aromatic N) is 1. The van der Waals surface area contributed by atoms with Crippen LogP contribution in [0, 0.1) is 0 Å². The zero-order valence-electron chi connectivity index (χ0n) is 10.9. The molecule has 0 bridgehead atoms. The molecule has 0 atom stereocenters. The molecule has 0 aliphatic heterocycles. The molecule has 3 heteroatoms. The van der Waals surface area contributed by atoms with Gasteiger partial charge in [-0.1, -0.05) is 23.7 Å². The summed E-state index contributed by atoms with van der Waals surface area (Å²) in [4.78, 5) is 12.5. The molecule has 96 valence electrons. The van der Waals surface area contributed by atoms with Crippen LogP contribution < -0.4 is 5.43 Å². The second-order valence-corrected chi connectivity index (χ2v) is 5.41. The minimum atomic E-state index is 0.0463. The van der Waals surface area contributed by atoms with E-state index in [9.17, 15) is 4.79 Å². The quantitative estimate of drug-likeness (QED) is 0.602. The Hall–Kier alpha value is -1.80. The zero-order chi connectivity index (χ0) is 13.6. The van der Waals surface area contributed by atoms with Gasteiger partial charge in [0.15, 0.2) is 5.43 Å². The van der Waals surface area contributed by atoms with Crippen LogP contribution in [0.4, 0.5) is 0 Å². The molecule has 0 saturated heterocycles. The van der Waals surface area contributed by atoms with Crippen LogP contribution in [0.15, 0.2) is 47.3 Å². The molecule has 0 unspecified atom stereocenters. The number of halogens is 1. The Morgan fingerprint density at radius 1 is 1.00 bits per heavy atom. The third kappa shape index (κ3) is 1.83. The second kappa shape index (κ2) is 4.39. The van der Waals surface area contributed by atoms with Crippen molar-refractivity contribution < 1.29 is 0 Å². The Labute approximate surface area is 116 Å². The third-order valence-corrected chi connectivity index (χ3v) is 3.62. The van der Waals surface area contributed by atoms with Crippen LogP contribution in [0.25, 0.3) is 21.8 Å². The highest BCUT2D eigenvalue weighted by Crippen LogP contribution is 2.25. The topological polar surface area (TPSA) is 22.0 Å². The van der Waals surface area contributed by atoms with Crippen LogP contribution >= 0.6 is 11.6 Å². The van der Waals surface area contributed by atoms with Gasteiger partial charge < -0.3 is 4.57 Å². The Morgan fingerprint density at radius 3 is 2.42 bits per heavy atom. The molecule has 0 fully saturated rings. The van der Waals surface area contributed by atoms with E-state index in [4.69, 9.17) is 11.6 Å². The first-order valence-corrected chi connectivity index (χ1v) is 6.70. The van der Waals surface area contributed by atoms with E-state index in [0.717, 1.165) is 16.4 Å². The lowest BCUT2D eigenvalue weighted by molar-refractivity contribution is 0.639. The smallest absolute Gasteiger partial charge is 0.197 e. The van der Waals surface area contributed by atoms with Crippen LogP contribution in [-0.4, -0.2) is 4.57 Å². The molecule has 0 N–H and O–H groups in total. The van der Waals surface area contributed by atoms with Crippen LogP contribution in [-0.2, 0) is 0 Å². The highest BCUT2D eigenvalue weighted by molar-refractivity contribution is 6.31. The fourth-order valence-corrected chi connectivity index (χ4v) is 2.78. The highest BCUT2D eigenvalue weighted by Gasteiger charge is 2.12. The van der Waals surface area contributed by atoms with Crippen LogP contribution in [0.2, 0.25) is 5.02 Å². The number of benzene rings is 2. The van der Waals surface area contributed by atoms with Gasteiger partial charge in [-0.3, -0.25) is 4.79 Å². The van der Waals surface area contributed by atoms with E-state index in [-0.39, 0.29) is 11.5 Å². The molecule has 0 saturated carbocycles. The minimum absolute atomic E-state index is 0.0463. The highest BCUT2D eigenvalue weighted by atomic mass is 35.5. The fourth-order valence-electron chi connectivity index (χ4n) is 2.61. The molecule has 0 amide bonds. The fraction of sp³-hybridized carbons (Fsp3) is 0.188. The third-order valence-electron chi connectivity index (χ3n) is 3.39. The number of para-hydroxylation sites is 1. The van der Waals surface area contributed by atoms with Crippen LogP contribution in [0.5, 0.6) is 0 Å². The molecule has 0 aliphatic rings. The zero-order valence-corrected chi connectivity index (χ0v) is 11.6. The average molecular weight is 272 g/mol. The number of hydrogen-bond acceptors (Lipinski definition) is 1. The SMILES string of the molecule is CC(C)n1c2ccccc2c(=O)c2cc(Cl)ccc21. The van der Waals surface area contributed by atoms with E-state index >= 15 is 0 Å². The van der Waals surface area contributed by atoms with E-state index in [2.05, 4.69) is 18.4 Å². The number of hydrogen-bond donors (Lipinski definition) is 0. The van der Waals surface area contributed by atoms with Gasteiger partial charge in [-0.25, -0.2) is 0 Å². The maximum absolute atomic E-state index is 12.5. The van der Waals surface area contributed by atoms with Crippen LogP contribution in [0.1, 0.15) is 19.9 Å². The summed E-state index contributed by atoms with van der Waals surface area (Å²) in [6.45, 7) is 4.23. The van der Waals surface area contributed by atoms with Crippen molar-refractivity contribution >= 4 is 33.4 Å². The predicted molar refractivity (Wildman–Crippen MR) is 81.1 cm³/mol. The van der Waals surface area contributed by atoms with E-state index < -0.39 is 0 Å². The van der Waals surface area contributed by atoms with Crippen molar-refractivity contribution in [3.05, 3.63) is 57.7 Å². The van der Waals surface area contributed by atoms with Gasteiger partial charge in [0.05, 0.1) is 11.0 Å². The maximum atomic E-state index is 12.5. The van der Waals surface area contributed by atoms with Gasteiger partial charge in [0.2, 0.25) is 0 Å². The Kier molecular flexibility index (Phi) is 2.83. The van der Waals surface area contributed by atoms with Gasteiger partial charge in [-0.2, -0.15) is 0 Å². The van der Waals surface area contributed by atoms with Gasteiger partial charge in [0.1, 0.15) is 0 Å². The summed E-state index contributed by atoms with van der Waals surface area (Å²) in [6, 6.07) is 13.5. The molecular weight excluding hydrogens is 258 g/mol. The molecule has 0 aliphatic carbocycles. The summed E-state index contributed by atoms with van der Waals surface area (Å²) in [5.74, 6) is 0. The normalized spacial score (nSPS) is 11.6. The van der Waals surface area contributed by atoms with Crippen molar-refractivity contribution in [1.82, 2.24) is 4.57 Å². The molecule has 1 aromatic heterocycles. The lowest BCUT2D eigenvalue weighted by atomic mass is 10.1. The molecule has 1 heterocycles. The van der Waals surface area contributed by atoms with Crippen molar-refractivity contribution in [3.8, 4) is 0 Å². The number of aromatic nitrogens is 1. The summed E-state index contributed by atoms with van der Waals surface area (Å²) in [7, 11) is 0. The molecule has 3 aromatic rings. The summed E-state index contributed by atoms with van der Waals surface area (Å²) in [5, 5.41) is 2.01. The van der Waals surface area contributed by atoms with Gasteiger partial charge in [0, 0.05) is 21.8 Å². The first-order valence-electron chi connectivity index (χ1n) is 6.32. The minimum Gasteiger partial charge on any atom is -0.338 e. The lowest BCUT2D eigenvalue weighted by Gasteiger charge is -2.18. The van der Waals surface area contributed by atoms with Gasteiger partial charge in [0.25, 0.3) is 0 Å². The molecule has 0 radical (unpaired) electrons. The van der Waals surface area contributed by atoms with Crippen molar-refractivity contribution in [3.63, 3.8) is 0 Å². The average Bonchev–Trinajstić information content (AvgIpc) is 2.39. The Balaban J connectivity index is 2.66. The van der Waals surface area contributed by atoms with E-state index in [0.29, 0.717) is 10.4 Å². The predicted octanol–water partition coefficient (Wildman–Crippen LogP) is 4.39. The summed E-state index contributed by atoms with van der Waals surface area (Å²) < 4.78 is 2.18. The largest absolute Gasteiger partial charge is 0.338 e. The van der Waals surface area contributed by atoms with Crippen molar-refractivity contribution in [2.24, 2.45) is 0 Å². The van der Waals surface area contributed by atoms with Gasteiger partial charge >= 0.3 is 0 Å². The Bertz CT molecular complexity index is 833.